The van der Waals surface area contributed by atoms with Crippen molar-refractivity contribution in [2.45, 2.75) is 38.2 Å². The van der Waals surface area contributed by atoms with E-state index < -0.39 is 5.60 Å². The summed E-state index contributed by atoms with van der Waals surface area (Å²) in [6.45, 7) is 4.34. The zero-order valence-electron chi connectivity index (χ0n) is 14.6. The molecule has 0 unspecified atom stereocenters. The molecule has 1 aromatic heterocycles. The van der Waals surface area contributed by atoms with E-state index in [4.69, 9.17) is 0 Å². The van der Waals surface area contributed by atoms with Gasteiger partial charge in [-0.25, -0.2) is 4.98 Å². The molecule has 0 spiro atoms. The summed E-state index contributed by atoms with van der Waals surface area (Å²) in [5.41, 5.74) is 1.38. The normalized spacial score (nSPS) is 17.4. The predicted molar refractivity (Wildman–Crippen MR) is 101 cm³/mol. The molecule has 2 heterocycles. The molecule has 0 radical (unpaired) electrons. The first-order valence-corrected chi connectivity index (χ1v) is 9.65. The second-order valence-electron chi connectivity index (χ2n) is 6.67. The number of nitrogens with one attached hydrogen (secondary N) is 1. The number of amides is 1. The monoisotopic (exact) mass is 359 g/mol. The molecular formula is C19H25N3O2S. The van der Waals surface area contributed by atoms with Crippen LogP contribution in [0.15, 0.2) is 35.7 Å². The molecule has 5 nitrogen and oxygen atoms in total. The Labute approximate surface area is 152 Å². The zero-order chi connectivity index (χ0) is 17.7. The van der Waals surface area contributed by atoms with Crippen LogP contribution in [0.4, 0.5) is 5.13 Å². The lowest BCUT2D eigenvalue weighted by atomic mass is 9.84. The number of thiazole rings is 1. The summed E-state index contributed by atoms with van der Waals surface area (Å²) in [5, 5.41) is 16.3. The summed E-state index contributed by atoms with van der Waals surface area (Å²) in [7, 11) is 0. The average Bonchev–Trinajstić information content (AvgIpc) is 3.04. The Balaban J connectivity index is 1.42. The van der Waals surface area contributed by atoms with E-state index in [-0.39, 0.29) is 5.91 Å². The minimum Gasteiger partial charge on any atom is -0.385 e. The van der Waals surface area contributed by atoms with Gasteiger partial charge in [-0.2, -0.15) is 0 Å². The second kappa shape index (κ2) is 8.08. The Kier molecular flexibility index (Phi) is 5.83. The SMILES string of the molecule is CC(=O)Nc1nc(CCCN2CCC(O)(c3ccccc3)CC2)cs1. The molecule has 1 amide bonds. The Morgan fingerprint density at radius 3 is 2.72 bits per heavy atom. The van der Waals surface area contributed by atoms with Gasteiger partial charge in [0.25, 0.3) is 0 Å². The Hall–Kier alpha value is -1.76. The highest BCUT2D eigenvalue weighted by molar-refractivity contribution is 7.13. The van der Waals surface area contributed by atoms with Gasteiger partial charge in [-0.05, 0) is 37.8 Å². The number of piperidine rings is 1. The number of carbonyl (C=O) groups excluding carboxylic acids is 1. The molecule has 1 aliphatic heterocycles. The first-order chi connectivity index (χ1) is 12.0. The van der Waals surface area contributed by atoms with E-state index in [1.54, 1.807) is 0 Å². The molecule has 3 rings (SSSR count). The summed E-state index contributed by atoms with van der Waals surface area (Å²) in [4.78, 5) is 17.9. The van der Waals surface area contributed by atoms with Crippen LogP contribution in [0.1, 0.15) is 37.4 Å². The number of hydrogen-bond acceptors (Lipinski definition) is 5. The molecule has 1 fully saturated rings. The van der Waals surface area contributed by atoms with Crippen molar-refractivity contribution >= 4 is 22.4 Å². The van der Waals surface area contributed by atoms with Crippen molar-refractivity contribution in [3.8, 4) is 0 Å². The van der Waals surface area contributed by atoms with Crippen LogP contribution in [0.5, 0.6) is 0 Å². The number of aliphatic hydroxyl groups is 1. The molecule has 0 aliphatic carbocycles. The zero-order valence-corrected chi connectivity index (χ0v) is 15.4. The van der Waals surface area contributed by atoms with Gasteiger partial charge in [0.05, 0.1) is 11.3 Å². The molecule has 1 aliphatic rings. The van der Waals surface area contributed by atoms with Gasteiger partial charge < -0.3 is 15.3 Å². The first kappa shape index (κ1) is 18.0. The number of aromatic nitrogens is 1. The van der Waals surface area contributed by atoms with E-state index >= 15 is 0 Å². The van der Waals surface area contributed by atoms with E-state index in [2.05, 4.69) is 15.2 Å². The minimum atomic E-state index is -0.681. The van der Waals surface area contributed by atoms with Gasteiger partial charge in [-0.1, -0.05) is 30.3 Å². The second-order valence-corrected chi connectivity index (χ2v) is 7.53. The van der Waals surface area contributed by atoms with Crippen molar-refractivity contribution in [3.05, 3.63) is 47.0 Å². The summed E-state index contributed by atoms with van der Waals surface area (Å²) < 4.78 is 0. The van der Waals surface area contributed by atoms with E-state index in [1.165, 1.54) is 18.3 Å². The van der Waals surface area contributed by atoms with Crippen molar-refractivity contribution in [1.82, 2.24) is 9.88 Å². The van der Waals surface area contributed by atoms with Crippen molar-refractivity contribution < 1.29 is 9.90 Å². The highest BCUT2D eigenvalue weighted by Gasteiger charge is 2.33. The number of aryl methyl sites for hydroxylation is 1. The molecule has 1 aromatic carbocycles. The predicted octanol–water partition coefficient (Wildman–Crippen LogP) is 3.02. The van der Waals surface area contributed by atoms with Crippen molar-refractivity contribution in [2.24, 2.45) is 0 Å². The smallest absolute Gasteiger partial charge is 0.223 e. The third-order valence-electron chi connectivity index (χ3n) is 4.74. The maximum Gasteiger partial charge on any atom is 0.223 e. The molecule has 0 bridgehead atoms. The summed E-state index contributed by atoms with van der Waals surface area (Å²) in [6.07, 6.45) is 3.50. The highest BCUT2D eigenvalue weighted by Crippen LogP contribution is 2.32. The number of rotatable bonds is 6. The molecule has 25 heavy (non-hydrogen) atoms. The van der Waals surface area contributed by atoms with E-state index in [0.29, 0.717) is 5.13 Å². The number of carbonyl (C=O) groups is 1. The van der Waals surface area contributed by atoms with Crippen LogP contribution in [0.25, 0.3) is 0 Å². The van der Waals surface area contributed by atoms with Crippen molar-refractivity contribution in [2.75, 3.05) is 25.0 Å². The van der Waals surface area contributed by atoms with Crippen LogP contribution >= 0.6 is 11.3 Å². The van der Waals surface area contributed by atoms with Crippen molar-refractivity contribution in [3.63, 3.8) is 0 Å². The summed E-state index contributed by atoms with van der Waals surface area (Å²) in [6, 6.07) is 10.00. The molecule has 2 aromatic rings. The molecule has 6 heteroatoms. The molecule has 0 saturated carbocycles. The van der Waals surface area contributed by atoms with Gasteiger partial charge in [-0.15, -0.1) is 11.3 Å². The largest absolute Gasteiger partial charge is 0.385 e. The fourth-order valence-corrected chi connectivity index (χ4v) is 4.09. The Morgan fingerprint density at radius 1 is 1.32 bits per heavy atom. The van der Waals surface area contributed by atoms with Crippen LogP contribution < -0.4 is 5.32 Å². The van der Waals surface area contributed by atoms with Crippen LogP contribution in [0, 0.1) is 0 Å². The number of likely N-dealkylation sites (tertiary alicyclic amines) is 1. The maximum atomic E-state index is 11.0. The molecule has 134 valence electrons. The molecular weight excluding hydrogens is 334 g/mol. The highest BCUT2D eigenvalue weighted by atomic mass is 32.1. The van der Waals surface area contributed by atoms with Crippen LogP contribution in [0.2, 0.25) is 0 Å². The van der Waals surface area contributed by atoms with Gasteiger partial charge in [-0.3, -0.25) is 4.79 Å². The van der Waals surface area contributed by atoms with E-state index in [0.717, 1.165) is 56.6 Å². The van der Waals surface area contributed by atoms with Gasteiger partial charge in [0, 0.05) is 25.4 Å². The van der Waals surface area contributed by atoms with Crippen LogP contribution in [0.3, 0.4) is 0 Å². The van der Waals surface area contributed by atoms with Crippen LogP contribution in [-0.2, 0) is 16.8 Å². The standard InChI is InChI=1S/C19H25N3O2S/c1-15(23)20-18-21-17(14-25-18)8-5-11-22-12-9-19(24,10-13-22)16-6-3-2-4-7-16/h2-4,6-7,14,24H,5,8-13H2,1H3,(H,20,21,23). The molecule has 1 saturated heterocycles. The van der Waals surface area contributed by atoms with Gasteiger partial charge >= 0.3 is 0 Å². The average molecular weight is 359 g/mol. The third kappa shape index (κ3) is 4.87. The summed E-state index contributed by atoms with van der Waals surface area (Å²) in [5.74, 6) is -0.0832. The third-order valence-corrected chi connectivity index (χ3v) is 5.54. The maximum absolute atomic E-state index is 11.0. The Bertz CT molecular complexity index is 694. The topological polar surface area (TPSA) is 65.5 Å². The quantitative estimate of drug-likeness (QED) is 0.832. The number of nitrogens with zero attached hydrogens (tertiary/aromatic N) is 2. The molecule has 2 N–H and O–H groups in total. The van der Waals surface area contributed by atoms with Gasteiger partial charge in [0.1, 0.15) is 0 Å². The Morgan fingerprint density at radius 2 is 2.04 bits per heavy atom. The van der Waals surface area contributed by atoms with E-state index in [9.17, 15) is 9.90 Å². The van der Waals surface area contributed by atoms with Gasteiger partial charge in [0.2, 0.25) is 5.91 Å². The van der Waals surface area contributed by atoms with Crippen molar-refractivity contribution in [1.29, 1.82) is 0 Å². The van der Waals surface area contributed by atoms with Gasteiger partial charge in [0.15, 0.2) is 5.13 Å². The lowest BCUT2D eigenvalue weighted by molar-refractivity contribution is -0.114. The van der Waals surface area contributed by atoms with Crippen LogP contribution in [-0.4, -0.2) is 40.5 Å². The molecule has 0 atom stereocenters. The fraction of sp³-hybridized carbons (Fsp3) is 0.474. The number of hydrogen-bond donors (Lipinski definition) is 2. The number of benzene rings is 1. The first-order valence-electron chi connectivity index (χ1n) is 8.77. The lowest BCUT2D eigenvalue weighted by Gasteiger charge is -2.38. The summed E-state index contributed by atoms with van der Waals surface area (Å²) >= 11 is 1.47. The number of anilines is 1. The fourth-order valence-electron chi connectivity index (χ4n) is 3.30. The minimum absolute atomic E-state index is 0.0832. The lowest BCUT2D eigenvalue weighted by Crippen LogP contribution is -2.42. The van der Waals surface area contributed by atoms with E-state index in [1.807, 2.05) is 35.7 Å².